The van der Waals surface area contributed by atoms with E-state index in [1.54, 1.807) is 14.0 Å². The molecule has 0 aromatic heterocycles. The van der Waals surface area contributed by atoms with E-state index in [2.05, 4.69) is 20.8 Å². The number of carbonyl (C=O) groups is 1. The first kappa shape index (κ1) is 12.6. The number of Topliss-reactive ketones (excluding diaryl/α,β-unsaturated/α-hetero) is 1. The highest BCUT2D eigenvalue weighted by Crippen LogP contribution is 2.22. The van der Waals surface area contributed by atoms with E-state index >= 15 is 0 Å². The third-order valence-electron chi connectivity index (χ3n) is 2.92. The van der Waals surface area contributed by atoms with Crippen molar-refractivity contribution in [2.45, 2.75) is 46.6 Å². The molecule has 0 spiro atoms. The summed E-state index contributed by atoms with van der Waals surface area (Å²) in [5.41, 5.74) is 0. The molecule has 13 heavy (non-hydrogen) atoms. The summed E-state index contributed by atoms with van der Waals surface area (Å²) in [5.74, 6) is 1.28. The van der Waals surface area contributed by atoms with Gasteiger partial charge in [0.1, 0.15) is 5.78 Å². The first-order valence-corrected chi connectivity index (χ1v) is 5.05. The maximum absolute atomic E-state index is 10.9. The molecule has 0 aliphatic rings. The van der Waals surface area contributed by atoms with Gasteiger partial charge in [-0.3, -0.25) is 4.79 Å². The minimum atomic E-state index is 0.0902. The molecule has 3 unspecified atom stereocenters. The standard InChI is InChI=1S/C11H22O2/c1-6-8(2)10(4)11(13-5)7-9(3)12/h8,10-11H,6-7H2,1-5H3. The second kappa shape index (κ2) is 6.14. The van der Waals surface area contributed by atoms with Gasteiger partial charge in [-0.15, -0.1) is 0 Å². The fourth-order valence-electron chi connectivity index (χ4n) is 1.51. The normalized spacial score (nSPS) is 17.9. The molecule has 0 aromatic rings. The number of methoxy groups -OCH3 is 1. The molecule has 0 aliphatic heterocycles. The zero-order valence-corrected chi connectivity index (χ0v) is 9.46. The first-order valence-electron chi connectivity index (χ1n) is 5.05. The van der Waals surface area contributed by atoms with Gasteiger partial charge in [0.15, 0.2) is 0 Å². The predicted molar refractivity (Wildman–Crippen MR) is 54.7 cm³/mol. The molecular weight excluding hydrogens is 164 g/mol. The van der Waals surface area contributed by atoms with Gasteiger partial charge in [0.05, 0.1) is 6.10 Å². The Kier molecular flexibility index (Phi) is 5.97. The van der Waals surface area contributed by atoms with Crippen molar-refractivity contribution in [1.29, 1.82) is 0 Å². The van der Waals surface area contributed by atoms with Crippen molar-refractivity contribution < 1.29 is 9.53 Å². The van der Waals surface area contributed by atoms with Gasteiger partial charge in [-0.25, -0.2) is 0 Å². The van der Waals surface area contributed by atoms with Crippen molar-refractivity contribution >= 4 is 5.78 Å². The lowest BCUT2D eigenvalue weighted by Crippen LogP contribution is -2.27. The van der Waals surface area contributed by atoms with Crippen molar-refractivity contribution in [1.82, 2.24) is 0 Å². The molecule has 3 atom stereocenters. The van der Waals surface area contributed by atoms with Crippen LogP contribution in [0.1, 0.15) is 40.5 Å². The number of ether oxygens (including phenoxy) is 1. The maximum Gasteiger partial charge on any atom is 0.132 e. The Hall–Kier alpha value is -0.370. The third kappa shape index (κ3) is 4.41. The van der Waals surface area contributed by atoms with E-state index in [1.165, 1.54) is 0 Å². The van der Waals surface area contributed by atoms with Crippen LogP contribution in [-0.4, -0.2) is 19.0 Å². The molecule has 2 nitrogen and oxygen atoms in total. The average Bonchev–Trinajstić information content (AvgIpc) is 2.11. The average molecular weight is 186 g/mol. The summed E-state index contributed by atoms with van der Waals surface area (Å²) in [6, 6.07) is 0. The van der Waals surface area contributed by atoms with Crippen LogP contribution in [0.2, 0.25) is 0 Å². The van der Waals surface area contributed by atoms with E-state index < -0.39 is 0 Å². The lowest BCUT2D eigenvalue weighted by atomic mass is 9.87. The van der Waals surface area contributed by atoms with Crippen molar-refractivity contribution in [3.8, 4) is 0 Å². The van der Waals surface area contributed by atoms with Gasteiger partial charge in [-0.05, 0) is 18.8 Å². The molecule has 0 radical (unpaired) electrons. The Bertz CT molecular complexity index is 154. The highest BCUT2D eigenvalue weighted by atomic mass is 16.5. The Balaban J connectivity index is 4.13. The van der Waals surface area contributed by atoms with Crippen LogP contribution in [0.25, 0.3) is 0 Å². The van der Waals surface area contributed by atoms with E-state index in [4.69, 9.17) is 4.74 Å². The minimum absolute atomic E-state index is 0.0902. The quantitative estimate of drug-likeness (QED) is 0.637. The summed E-state index contributed by atoms with van der Waals surface area (Å²) in [7, 11) is 1.69. The van der Waals surface area contributed by atoms with Crippen LogP contribution < -0.4 is 0 Å². The molecule has 2 heteroatoms. The summed E-state index contributed by atoms with van der Waals surface area (Å²) in [6.07, 6.45) is 1.77. The molecule has 0 rings (SSSR count). The Labute approximate surface area is 81.7 Å². The number of hydrogen-bond acceptors (Lipinski definition) is 2. The number of ketones is 1. The summed E-state index contributed by atoms with van der Waals surface area (Å²) in [6.45, 7) is 8.15. The predicted octanol–water partition coefficient (Wildman–Crippen LogP) is 2.66. The summed E-state index contributed by atoms with van der Waals surface area (Å²) < 4.78 is 5.33. The molecule has 0 bridgehead atoms. The molecule has 0 heterocycles. The summed E-state index contributed by atoms with van der Waals surface area (Å²) >= 11 is 0. The zero-order valence-electron chi connectivity index (χ0n) is 9.46. The molecule has 0 amide bonds. The molecule has 0 saturated heterocycles. The van der Waals surface area contributed by atoms with Gasteiger partial charge < -0.3 is 4.74 Å². The van der Waals surface area contributed by atoms with Gasteiger partial charge in [0.2, 0.25) is 0 Å². The highest BCUT2D eigenvalue weighted by molar-refractivity contribution is 5.76. The number of carbonyl (C=O) groups excluding carboxylic acids is 1. The fraction of sp³-hybridized carbons (Fsp3) is 0.909. The molecule has 0 N–H and O–H groups in total. The largest absolute Gasteiger partial charge is 0.381 e. The van der Waals surface area contributed by atoms with Gasteiger partial charge in [-0.2, -0.15) is 0 Å². The van der Waals surface area contributed by atoms with Crippen molar-refractivity contribution in [2.75, 3.05) is 7.11 Å². The maximum atomic E-state index is 10.9. The monoisotopic (exact) mass is 186 g/mol. The Morgan fingerprint density at radius 1 is 1.38 bits per heavy atom. The lowest BCUT2D eigenvalue weighted by molar-refractivity contribution is -0.120. The van der Waals surface area contributed by atoms with Gasteiger partial charge in [-0.1, -0.05) is 27.2 Å². The van der Waals surface area contributed by atoms with E-state index in [0.29, 0.717) is 18.3 Å². The topological polar surface area (TPSA) is 26.3 Å². The van der Waals surface area contributed by atoms with Gasteiger partial charge in [0.25, 0.3) is 0 Å². The Morgan fingerprint density at radius 3 is 2.23 bits per heavy atom. The van der Waals surface area contributed by atoms with Crippen LogP contribution in [0, 0.1) is 11.8 Å². The Morgan fingerprint density at radius 2 is 1.92 bits per heavy atom. The van der Waals surface area contributed by atoms with Crippen molar-refractivity contribution in [3.05, 3.63) is 0 Å². The van der Waals surface area contributed by atoms with Crippen LogP contribution in [0.5, 0.6) is 0 Å². The van der Waals surface area contributed by atoms with E-state index in [0.717, 1.165) is 6.42 Å². The van der Waals surface area contributed by atoms with Gasteiger partial charge >= 0.3 is 0 Å². The minimum Gasteiger partial charge on any atom is -0.381 e. The SMILES string of the molecule is CCC(C)C(C)C(CC(C)=O)OC. The smallest absolute Gasteiger partial charge is 0.132 e. The van der Waals surface area contributed by atoms with E-state index in [9.17, 15) is 4.79 Å². The van der Waals surface area contributed by atoms with Crippen LogP contribution in [0.4, 0.5) is 0 Å². The second-order valence-corrected chi connectivity index (χ2v) is 3.92. The van der Waals surface area contributed by atoms with Crippen LogP contribution in [0.15, 0.2) is 0 Å². The van der Waals surface area contributed by atoms with E-state index in [-0.39, 0.29) is 11.9 Å². The van der Waals surface area contributed by atoms with Crippen LogP contribution >= 0.6 is 0 Å². The van der Waals surface area contributed by atoms with E-state index in [1.807, 2.05) is 0 Å². The molecule has 0 saturated carbocycles. The van der Waals surface area contributed by atoms with Gasteiger partial charge in [0, 0.05) is 13.5 Å². The lowest BCUT2D eigenvalue weighted by Gasteiger charge is -2.26. The highest BCUT2D eigenvalue weighted by Gasteiger charge is 2.22. The third-order valence-corrected chi connectivity index (χ3v) is 2.92. The molecule has 0 aliphatic carbocycles. The first-order chi connectivity index (χ1) is 6.02. The molecule has 78 valence electrons. The van der Waals surface area contributed by atoms with Crippen molar-refractivity contribution in [2.24, 2.45) is 11.8 Å². The fourth-order valence-corrected chi connectivity index (χ4v) is 1.51. The van der Waals surface area contributed by atoms with Crippen LogP contribution in [0.3, 0.4) is 0 Å². The molecule has 0 aromatic carbocycles. The zero-order chi connectivity index (χ0) is 10.4. The molecule has 0 fully saturated rings. The summed E-state index contributed by atoms with van der Waals surface area (Å²) in [5, 5.41) is 0. The number of rotatable bonds is 6. The number of hydrogen-bond donors (Lipinski definition) is 0. The van der Waals surface area contributed by atoms with Crippen LogP contribution in [-0.2, 0) is 9.53 Å². The molecular formula is C11H22O2. The second-order valence-electron chi connectivity index (χ2n) is 3.92. The van der Waals surface area contributed by atoms with Crippen molar-refractivity contribution in [3.63, 3.8) is 0 Å². The summed E-state index contributed by atoms with van der Waals surface area (Å²) in [4.78, 5) is 10.9.